The van der Waals surface area contributed by atoms with Gasteiger partial charge in [-0.25, -0.2) is 0 Å². The zero-order valence-corrected chi connectivity index (χ0v) is 11.5. The van der Waals surface area contributed by atoms with Gasteiger partial charge in [-0.1, -0.05) is 18.6 Å². The lowest BCUT2D eigenvalue weighted by molar-refractivity contribution is -0.384. The number of nitrogens with one attached hydrogen (secondary N) is 1. The molecule has 0 spiro atoms. The number of nitrogens with zero attached hydrogens (tertiary/aromatic N) is 1. The van der Waals surface area contributed by atoms with E-state index in [1.54, 1.807) is 12.1 Å². The molecule has 0 amide bonds. The SMILES string of the molecule is CSC1CCCC1Nc1c(C)cccc1[N+](=O)[O-]. The molecule has 5 heteroatoms. The van der Waals surface area contributed by atoms with Gasteiger partial charge in [-0.15, -0.1) is 0 Å². The third-order valence-electron chi connectivity index (χ3n) is 3.53. The largest absolute Gasteiger partial charge is 0.375 e. The van der Waals surface area contributed by atoms with Crippen LogP contribution in [-0.2, 0) is 0 Å². The summed E-state index contributed by atoms with van der Waals surface area (Å²) < 4.78 is 0. The summed E-state index contributed by atoms with van der Waals surface area (Å²) in [6, 6.07) is 5.57. The summed E-state index contributed by atoms with van der Waals surface area (Å²) in [5.41, 5.74) is 1.81. The Kier molecular flexibility index (Phi) is 4.11. The van der Waals surface area contributed by atoms with Crippen LogP contribution in [0.5, 0.6) is 0 Å². The van der Waals surface area contributed by atoms with Crippen LogP contribution in [0.2, 0.25) is 0 Å². The van der Waals surface area contributed by atoms with E-state index in [9.17, 15) is 10.1 Å². The Morgan fingerprint density at radius 3 is 2.89 bits per heavy atom. The van der Waals surface area contributed by atoms with Gasteiger partial charge in [0.2, 0.25) is 0 Å². The van der Waals surface area contributed by atoms with Crippen molar-refractivity contribution in [2.24, 2.45) is 0 Å². The predicted octanol–water partition coefficient (Wildman–Crippen LogP) is 3.60. The molecule has 4 nitrogen and oxygen atoms in total. The normalized spacial score (nSPS) is 23.0. The second kappa shape index (κ2) is 5.61. The van der Waals surface area contributed by atoms with Gasteiger partial charge < -0.3 is 5.32 Å². The molecule has 0 saturated heterocycles. The van der Waals surface area contributed by atoms with Crippen LogP contribution in [0.1, 0.15) is 24.8 Å². The van der Waals surface area contributed by atoms with Crippen LogP contribution in [0.4, 0.5) is 11.4 Å². The van der Waals surface area contributed by atoms with Crippen LogP contribution in [0.15, 0.2) is 18.2 Å². The van der Waals surface area contributed by atoms with E-state index in [0.717, 1.165) is 12.0 Å². The van der Waals surface area contributed by atoms with E-state index in [-0.39, 0.29) is 10.6 Å². The molecule has 1 fully saturated rings. The Balaban J connectivity index is 2.25. The van der Waals surface area contributed by atoms with Gasteiger partial charge >= 0.3 is 0 Å². The number of nitro groups is 1. The van der Waals surface area contributed by atoms with Gasteiger partial charge in [-0.2, -0.15) is 11.8 Å². The topological polar surface area (TPSA) is 55.2 Å². The summed E-state index contributed by atoms with van der Waals surface area (Å²) in [5.74, 6) is 0. The van der Waals surface area contributed by atoms with E-state index >= 15 is 0 Å². The number of anilines is 1. The van der Waals surface area contributed by atoms with Crippen LogP contribution >= 0.6 is 11.8 Å². The number of nitro benzene ring substituents is 1. The van der Waals surface area contributed by atoms with Crippen LogP contribution in [0, 0.1) is 17.0 Å². The number of rotatable bonds is 4. The second-order valence-electron chi connectivity index (χ2n) is 4.68. The molecule has 1 aliphatic carbocycles. The lowest BCUT2D eigenvalue weighted by Crippen LogP contribution is -2.26. The Hall–Kier alpha value is -1.23. The van der Waals surface area contributed by atoms with E-state index in [1.165, 1.54) is 12.8 Å². The van der Waals surface area contributed by atoms with Gasteiger partial charge in [-0.3, -0.25) is 10.1 Å². The molecule has 1 aromatic carbocycles. The van der Waals surface area contributed by atoms with Gasteiger partial charge in [0, 0.05) is 17.4 Å². The first-order valence-electron chi connectivity index (χ1n) is 6.17. The Labute approximate surface area is 111 Å². The van der Waals surface area contributed by atoms with Crippen molar-refractivity contribution >= 4 is 23.1 Å². The summed E-state index contributed by atoms with van der Waals surface area (Å²) >= 11 is 1.85. The van der Waals surface area contributed by atoms with Gasteiger partial charge in [0.15, 0.2) is 0 Å². The molecule has 1 aliphatic rings. The van der Waals surface area contributed by atoms with Crippen molar-refractivity contribution < 1.29 is 4.92 Å². The molecule has 0 aromatic heterocycles. The smallest absolute Gasteiger partial charge is 0.292 e. The Morgan fingerprint density at radius 1 is 1.44 bits per heavy atom. The summed E-state index contributed by atoms with van der Waals surface area (Å²) in [6.07, 6.45) is 5.59. The number of thioether (sulfide) groups is 1. The minimum Gasteiger partial charge on any atom is -0.375 e. The minimum atomic E-state index is -0.307. The zero-order valence-electron chi connectivity index (χ0n) is 10.7. The predicted molar refractivity (Wildman–Crippen MR) is 76.4 cm³/mol. The van der Waals surface area contributed by atoms with Crippen LogP contribution in [-0.4, -0.2) is 22.5 Å². The van der Waals surface area contributed by atoms with Gasteiger partial charge in [0.25, 0.3) is 5.69 Å². The fourth-order valence-corrected chi connectivity index (χ4v) is 3.49. The number of hydrogen-bond acceptors (Lipinski definition) is 4. The number of para-hydroxylation sites is 1. The van der Waals surface area contributed by atoms with Gasteiger partial charge in [0.05, 0.1) is 4.92 Å². The molecule has 1 aromatic rings. The number of hydrogen-bond donors (Lipinski definition) is 1. The molecule has 0 bridgehead atoms. The van der Waals surface area contributed by atoms with Gasteiger partial charge in [0.1, 0.15) is 5.69 Å². The van der Waals surface area contributed by atoms with E-state index in [2.05, 4.69) is 11.6 Å². The third kappa shape index (κ3) is 2.61. The molecule has 1 saturated carbocycles. The van der Waals surface area contributed by atoms with Crippen molar-refractivity contribution in [2.75, 3.05) is 11.6 Å². The number of aryl methyl sites for hydroxylation is 1. The van der Waals surface area contributed by atoms with E-state index in [1.807, 2.05) is 24.8 Å². The highest BCUT2D eigenvalue weighted by Gasteiger charge is 2.28. The molecular weight excluding hydrogens is 248 g/mol. The van der Waals surface area contributed by atoms with Crippen molar-refractivity contribution in [2.45, 2.75) is 37.5 Å². The highest BCUT2D eigenvalue weighted by atomic mass is 32.2. The Morgan fingerprint density at radius 2 is 2.22 bits per heavy atom. The molecule has 98 valence electrons. The monoisotopic (exact) mass is 266 g/mol. The second-order valence-corrected chi connectivity index (χ2v) is 5.76. The maximum atomic E-state index is 11.1. The molecule has 18 heavy (non-hydrogen) atoms. The maximum absolute atomic E-state index is 11.1. The lowest BCUT2D eigenvalue weighted by Gasteiger charge is -2.21. The van der Waals surface area contributed by atoms with Gasteiger partial charge in [-0.05, 0) is 31.6 Å². The lowest BCUT2D eigenvalue weighted by atomic mass is 10.1. The average Bonchev–Trinajstić information content (AvgIpc) is 2.78. The maximum Gasteiger partial charge on any atom is 0.292 e. The molecule has 2 rings (SSSR count). The fraction of sp³-hybridized carbons (Fsp3) is 0.538. The molecule has 2 unspecified atom stereocenters. The summed E-state index contributed by atoms with van der Waals surface area (Å²) in [6.45, 7) is 1.92. The number of benzene rings is 1. The summed E-state index contributed by atoms with van der Waals surface area (Å²) in [7, 11) is 0. The molecule has 1 N–H and O–H groups in total. The van der Waals surface area contributed by atoms with Crippen molar-refractivity contribution in [1.82, 2.24) is 0 Å². The van der Waals surface area contributed by atoms with Crippen LogP contribution in [0.3, 0.4) is 0 Å². The first-order valence-corrected chi connectivity index (χ1v) is 7.45. The first kappa shape index (κ1) is 13.2. The summed E-state index contributed by atoms with van der Waals surface area (Å²) in [5, 5.41) is 15.0. The van der Waals surface area contributed by atoms with Crippen molar-refractivity contribution in [1.29, 1.82) is 0 Å². The minimum absolute atomic E-state index is 0.182. The molecular formula is C13H18N2O2S. The van der Waals surface area contributed by atoms with E-state index < -0.39 is 0 Å². The van der Waals surface area contributed by atoms with E-state index in [0.29, 0.717) is 17.0 Å². The first-order chi connectivity index (χ1) is 8.63. The highest BCUT2D eigenvalue weighted by molar-refractivity contribution is 7.99. The standard InChI is InChI=1S/C13H18N2O2S/c1-9-5-3-7-11(15(16)17)13(9)14-10-6-4-8-12(10)18-2/h3,5,7,10,12,14H,4,6,8H2,1-2H3. The molecule has 0 heterocycles. The van der Waals surface area contributed by atoms with E-state index in [4.69, 9.17) is 0 Å². The van der Waals surface area contributed by atoms with Crippen LogP contribution < -0.4 is 5.32 Å². The zero-order chi connectivity index (χ0) is 13.1. The highest BCUT2D eigenvalue weighted by Crippen LogP contribution is 2.34. The quantitative estimate of drug-likeness (QED) is 0.668. The molecule has 0 aliphatic heterocycles. The van der Waals surface area contributed by atoms with Crippen LogP contribution in [0.25, 0.3) is 0 Å². The van der Waals surface area contributed by atoms with Crippen molar-refractivity contribution in [3.8, 4) is 0 Å². The molecule has 2 atom stereocenters. The molecule has 0 radical (unpaired) electrons. The van der Waals surface area contributed by atoms with Crippen molar-refractivity contribution in [3.05, 3.63) is 33.9 Å². The Bertz CT molecular complexity index is 451. The van der Waals surface area contributed by atoms with Crippen molar-refractivity contribution in [3.63, 3.8) is 0 Å². The average molecular weight is 266 g/mol. The third-order valence-corrected chi connectivity index (χ3v) is 4.70. The summed E-state index contributed by atoms with van der Waals surface area (Å²) in [4.78, 5) is 10.8. The fourth-order valence-electron chi connectivity index (χ4n) is 2.55.